The summed E-state index contributed by atoms with van der Waals surface area (Å²) in [6, 6.07) is 9.11. The Morgan fingerprint density at radius 2 is 2.17 bits per heavy atom. The number of ether oxygens (including phenoxy) is 1. The van der Waals surface area contributed by atoms with E-state index in [1.54, 1.807) is 22.5 Å². The van der Waals surface area contributed by atoms with Gasteiger partial charge in [0.1, 0.15) is 17.8 Å². The van der Waals surface area contributed by atoms with Crippen LogP contribution < -0.4 is 9.46 Å². The number of nitrogens with zero attached hydrogens (tertiary/aromatic N) is 2. The fourth-order valence-electron chi connectivity index (χ4n) is 3.48. The molecule has 10 heteroatoms. The van der Waals surface area contributed by atoms with Gasteiger partial charge in [-0.3, -0.25) is 9.62 Å². The molecule has 1 fully saturated rings. The minimum Gasteiger partial charge on any atom is -0.508 e. The number of carbonyl (C=O) groups is 2. The molecule has 1 amide bonds. The zero-order valence-corrected chi connectivity index (χ0v) is 16.7. The summed E-state index contributed by atoms with van der Waals surface area (Å²) in [4.78, 5) is 24.5. The molecule has 2 unspecified atom stereocenters. The molecule has 0 aromatic heterocycles. The molecular formula is C20H20FN3O5S. The Morgan fingerprint density at radius 1 is 1.33 bits per heavy atom. The maximum Gasteiger partial charge on any atom is 0.415 e. The molecule has 0 radical (unpaired) electrons. The number of rotatable bonds is 6. The van der Waals surface area contributed by atoms with Gasteiger partial charge in [-0.25, -0.2) is 17.7 Å². The van der Waals surface area contributed by atoms with E-state index in [0.29, 0.717) is 25.1 Å². The number of anilines is 1. The number of halogens is 1. The quantitative estimate of drug-likeness (QED) is 0.683. The molecule has 1 saturated heterocycles. The summed E-state index contributed by atoms with van der Waals surface area (Å²) in [6.07, 6.45) is 0.817. The zero-order chi connectivity index (χ0) is 21.3. The summed E-state index contributed by atoms with van der Waals surface area (Å²) in [5.41, 5.74) is 0.987. The lowest BCUT2D eigenvalue weighted by Gasteiger charge is -2.28. The van der Waals surface area contributed by atoms with Crippen LogP contribution in [0.3, 0.4) is 0 Å². The minimum absolute atomic E-state index is 0.00899. The van der Waals surface area contributed by atoms with Crippen LogP contribution in [0, 0.1) is 11.7 Å². The Hall–Kier alpha value is -2.98. The number of phenols is 1. The zero-order valence-electron chi connectivity index (χ0n) is 15.9. The van der Waals surface area contributed by atoms with Crippen molar-refractivity contribution in [2.24, 2.45) is 5.92 Å². The van der Waals surface area contributed by atoms with E-state index in [1.807, 2.05) is 0 Å². The van der Waals surface area contributed by atoms with Gasteiger partial charge in [0, 0.05) is 36.2 Å². The van der Waals surface area contributed by atoms with E-state index in [4.69, 9.17) is 4.74 Å². The first-order chi connectivity index (χ1) is 14.4. The monoisotopic (exact) mass is 433 g/mol. The lowest BCUT2D eigenvalue weighted by molar-refractivity contribution is -0.110. The third-order valence-corrected chi connectivity index (χ3v) is 6.31. The number of aromatic hydroxyl groups is 1. The van der Waals surface area contributed by atoms with Gasteiger partial charge in [0.05, 0.1) is 18.8 Å². The molecule has 30 heavy (non-hydrogen) atoms. The van der Waals surface area contributed by atoms with Crippen LogP contribution in [-0.4, -0.2) is 44.0 Å². The van der Waals surface area contributed by atoms with Crippen molar-refractivity contribution in [3.63, 3.8) is 0 Å². The predicted molar refractivity (Wildman–Crippen MR) is 107 cm³/mol. The highest BCUT2D eigenvalue weighted by atomic mass is 32.2. The van der Waals surface area contributed by atoms with E-state index in [0.717, 1.165) is 6.29 Å². The predicted octanol–water partition coefficient (Wildman–Crippen LogP) is 2.56. The van der Waals surface area contributed by atoms with E-state index < -0.39 is 23.1 Å². The third-order valence-electron chi connectivity index (χ3n) is 5.12. The number of hydrogen-bond donors (Lipinski definition) is 2. The normalized spacial score (nSPS) is 19.8. The van der Waals surface area contributed by atoms with Crippen molar-refractivity contribution in [3.8, 4) is 11.5 Å². The molecule has 2 N–H and O–H groups in total. The van der Waals surface area contributed by atoms with Crippen molar-refractivity contribution >= 4 is 29.2 Å². The van der Waals surface area contributed by atoms with E-state index in [1.165, 1.54) is 23.1 Å². The average Bonchev–Trinajstić information content (AvgIpc) is 3.21. The molecule has 0 saturated carbocycles. The van der Waals surface area contributed by atoms with Crippen LogP contribution >= 0.6 is 0 Å². The summed E-state index contributed by atoms with van der Waals surface area (Å²) in [5.74, 6) is -0.504. The third kappa shape index (κ3) is 4.14. The summed E-state index contributed by atoms with van der Waals surface area (Å²) in [7, 11) is 0. The Bertz CT molecular complexity index is 1020. The fraction of sp³-hybridized carbons (Fsp3) is 0.300. The number of nitrogens with one attached hydrogen (secondary N) is 1. The van der Waals surface area contributed by atoms with Crippen molar-refractivity contribution in [2.75, 3.05) is 17.8 Å². The molecule has 2 aromatic rings. The van der Waals surface area contributed by atoms with Crippen LogP contribution in [0.1, 0.15) is 17.5 Å². The molecule has 2 heterocycles. The first kappa shape index (κ1) is 20.3. The second-order valence-corrected chi connectivity index (χ2v) is 8.44. The number of benzene rings is 2. The second-order valence-electron chi connectivity index (χ2n) is 7.22. The number of hydrogen-bond acceptors (Lipinski definition) is 5. The van der Waals surface area contributed by atoms with Crippen LogP contribution in [-0.2, 0) is 29.1 Å². The van der Waals surface area contributed by atoms with E-state index >= 15 is 4.39 Å². The molecule has 2 atom stereocenters. The maximum atomic E-state index is 15.0. The number of phenolic OH excluding ortho intramolecular Hbond substituents is 1. The molecule has 2 aliphatic rings. The van der Waals surface area contributed by atoms with Gasteiger partial charge in [-0.2, -0.15) is 0 Å². The molecule has 8 nitrogen and oxygen atoms in total. The van der Waals surface area contributed by atoms with Gasteiger partial charge in [-0.05, 0) is 24.6 Å². The van der Waals surface area contributed by atoms with Gasteiger partial charge < -0.3 is 14.6 Å². The van der Waals surface area contributed by atoms with Gasteiger partial charge in [0.2, 0.25) is 0 Å². The number of amides is 1. The average molecular weight is 433 g/mol. The lowest BCUT2D eigenvalue weighted by atomic mass is 10.1. The summed E-state index contributed by atoms with van der Waals surface area (Å²) in [5, 5.41) is 9.51. The van der Waals surface area contributed by atoms with Crippen LogP contribution in [0.4, 0.5) is 14.9 Å². The SMILES string of the molecule is O=CC1CCN(S(=O)Nc2cccc(CN3Cc4ccc(O)cc4OC3=O)c2F)C1. The van der Waals surface area contributed by atoms with Gasteiger partial charge in [0.25, 0.3) is 0 Å². The highest BCUT2D eigenvalue weighted by Crippen LogP contribution is 2.31. The number of carbonyl (C=O) groups excluding carboxylic acids is 2. The minimum atomic E-state index is -1.68. The number of fused-ring (bicyclic) bond motifs is 1. The standard InChI is InChI=1S/C20H20FN3O5S/c21-19-15(11-23-10-14-4-5-16(26)8-18(14)29-20(23)27)2-1-3-17(19)22-30(28)24-7-6-13(9-24)12-25/h1-5,8,12-13,22,26H,6-7,9-11H2. The summed E-state index contributed by atoms with van der Waals surface area (Å²) in [6.45, 7) is 1.01. The van der Waals surface area contributed by atoms with E-state index in [2.05, 4.69) is 4.72 Å². The second kappa shape index (κ2) is 8.41. The molecule has 0 aliphatic carbocycles. The molecule has 4 rings (SSSR count). The Labute approximate surface area is 175 Å². The molecule has 158 valence electrons. The fourth-order valence-corrected chi connectivity index (χ4v) is 4.55. The molecule has 2 aromatic carbocycles. The Kier molecular flexibility index (Phi) is 5.69. The van der Waals surface area contributed by atoms with Crippen molar-refractivity contribution < 1.29 is 28.0 Å². The highest BCUT2D eigenvalue weighted by Gasteiger charge is 2.28. The van der Waals surface area contributed by atoms with Gasteiger partial charge in [0.15, 0.2) is 17.0 Å². The molecular weight excluding hydrogens is 413 g/mol. The largest absolute Gasteiger partial charge is 0.508 e. The van der Waals surface area contributed by atoms with Crippen LogP contribution in [0.5, 0.6) is 11.5 Å². The van der Waals surface area contributed by atoms with Crippen molar-refractivity contribution in [1.29, 1.82) is 0 Å². The number of aldehydes is 1. The van der Waals surface area contributed by atoms with Crippen LogP contribution in [0.2, 0.25) is 0 Å². The van der Waals surface area contributed by atoms with E-state index in [9.17, 15) is 18.9 Å². The molecule has 0 bridgehead atoms. The van der Waals surface area contributed by atoms with Gasteiger partial charge in [-0.15, -0.1) is 0 Å². The molecule has 2 aliphatic heterocycles. The maximum absolute atomic E-state index is 15.0. The summed E-state index contributed by atoms with van der Waals surface area (Å²) < 4.78 is 37.0. The van der Waals surface area contributed by atoms with Crippen LogP contribution in [0.25, 0.3) is 0 Å². The molecule has 0 spiro atoms. The van der Waals surface area contributed by atoms with Gasteiger partial charge >= 0.3 is 6.09 Å². The van der Waals surface area contributed by atoms with Crippen molar-refractivity contribution in [1.82, 2.24) is 9.21 Å². The van der Waals surface area contributed by atoms with Crippen molar-refractivity contribution in [2.45, 2.75) is 19.5 Å². The van der Waals surface area contributed by atoms with Crippen molar-refractivity contribution in [3.05, 3.63) is 53.3 Å². The summed E-state index contributed by atoms with van der Waals surface area (Å²) >= 11 is -1.68. The van der Waals surface area contributed by atoms with Crippen LogP contribution in [0.15, 0.2) is 36.4 Å². The smallest absolute Gasteiger partial charge is 0.415 e. The lowest BCUT2D eigenvalue weighted by Crippen LogP contribution is -2.36. The Morgan fingerprint density at radius 3 is 2.93 bits per heavy atom. The Balaban J connectivity index is 1.47. The van der Waals surface area contributed by atoms with E-state index in [-0.39, 0.29) is 41.8 Å². The topological polar surface area (TPSA) is 99.2 Å². The first-order valence-corrected chi connectivity index (χ1v) is 10.5. The first-order valence-electron chi connectivity index (χ1n) is 9.39. The highest BCUT2D eigenvalue weighted by molar-refractivity contribution is 7.84. The van der Waals surface area contributed by atoms with Gasteiger partial charge in [-0.1, -0.05) is 12.1 Å².